The Hall–Kier alpha value is -5.08. The number of pyridine rings is 1. The molecule has 0 aliphatic heterocycles. The average molecular weight is 542 g/mol. The highest BCUT2D eigenvalue weighted by atomic mass is 19.4. The Balaban J connectivity index is 1.43. The molecule has 2 N–H and O–H groups in total. The molecule has 0 aliphatic carbocycles. The van der Waals surface area contributed by atoms with Crippen LogP contribution in [0.2, 0.25) is 0 Å². The molecular weight excluding hydrogens is 524 g/mol. The minimum Gasteiger partial charge on any atom is -0.452 e. The first-order valence-electron chi connectivity index (χ1n) is 11.3. The predicted molar refractivity (Wildman–Crippen MR) is 129 cm³/mol. The Labute approximate surface area is 216 Å². The number of amides is 1. The van der Waals surface area contributed by atoms with Gasteiger partial charge < -0.3 is 10.1 Å². The molecule has 0 saturated carbocycles. The number of halogens is 4. The number of alkyl halides is 3. The van der Waals surface area contributed by atoms with Crippen LogP contribution in [0.25, 0.3) is 17.0 Å². The van der Waals surface area contributed by atoms with Gasteiger partial charge in [-0.05, 0) is 26.0 Å². The van der Waals surface area contributed by atoms with Crippen molar-refractivity contribution < 1.29 is 27.1 Å². The van der Waals surface area contributed by atoms with E-state index in [1.165, 1.54) is 41.2 Å². The Bertz CT molecular complexity index is 1740. The number of ether oxygens (including phenoxy) is 1. The molecule has 0 atom stereocenters. The molecule has 0 aliphatic rings. The number of aromatic amines is 1. The number of anilines is 1. The van der Waals surface area contributed by atoms with Crippen molar-refractivity contribution in [2.75, 3.05) is 5.32 Å². The van der Waals surface area contributed by atoms with Crippen LogP contribution in [-0.2, 0) is 6.18 Å². The van der Waals surface area contributed by atoms with Gasteiger partial charge >= 0.3 is 11.9 Å². The number of H-pyrrole nitrogens is 1. The Morgan fingerprint density at radius 3 is 2.56 bits per heavy atom. The number of rotatable bonds is 6. The van der Waals surface area contributed by atoms with E-state index < -0.39 is 34.8 Å². The van der Waals surface area contributed by atoms with Crippen molar-refractivity contribution in [3.63, 3.8) is 0 Å². The van der Waals surface area contributed by atoms with Crippen LogP contribution in [0.5, 0.6) is 11.5 Å². The summed E-state index contributed by atoms with van der Waals surface area (Å²) in [5, 5.41) is 5.90. The maximum absolute atomic E-state index is 15.0. The van der Waals surface area contributed by atoms with Crippen LogP contribution in [0.4, 0.5) is 23.2 Å². The second kappa shape index (κ2) is 9.66. The van der Waals surface area contributed by atoms with Crippen LogP contribution in [-0.4, -0.2) is 40.2 Å². The van der Waals surface area contributed by atoms with E-state index in [1.54, 1.807) is 13.8 Å². The van der Waals surface area contributed by atoms with Crippen molar-refractivity contribution in [2.45, 2.75) is 26.1 Å². The van der Waals surface area contributed by atoms with Gasteiger partial charge in [0.2, 0.25) is 0 Å². The summed E-state index contributed by atoms with van der Waals surface area (Å²) >= 11 is 0. The average Bonchev–Trinajstić information content (AvgIpc) is 3.48. The fourth-order valence-corrected chi connectivity index (χ4v) is 3.95. The molecule has 39 heavy (non-hydrogen) atoms. The third kappa shape index (κ3) is 4.81. The minimum atomic E-state index is -4.96. The van der Waals surface area contributed by atoms with Crippen LogP contribution < -0.4 is 15.7 Å². The first-order chi connectivity index (χ1) is 18.5. The fraction of sp³-hybridized carbons (Fsp3) is 0.167. The molecule has 4 heterocycles. The molecule has 200 valence electrons. The van der Waals surface area contributed by atoms with Gasteiger partial charge in [0.1, 0.15) is 11.8 Å². The van der Waals surface area contributed by atoms with E-state index in [9.17, 15) is 27.2 Å². The first kappa shape index (κ1) is 25.6. The maximum atomic E-state index is 15.0. The van der Waals surface area contributed by atoms with Crippen LogP contribution in [0.15, 0.2) is 60.0 Å². The summed E-state index contributed by atoms with van der Waals surface area (Å²) in [6.45, 7) is 3.57. The number of benzene rings is 1. The van der Waals surface area contributed by atoms with Gasteiger partial charge in [0, 0.05) is 42.3 Å². The standard InChI is InChI=1S/C24H18F4N8O3/c1-12(2)35-19-17(5-8-30-21(19)34-23(35)38)39-16-4-3-13(9-15(16)25)33-22(37)14-10-32-36(20(14)24(26,27)28)18-6-7-29-11-31-18/h3-12H,1-2H3,(H,33,37)(H,30,34,38). The molecule has 4 aromatic heterocycles. The van der Waals surface area contributed by atoms with Crippen molar-refractivity contribution in [1.29, 1.82) is 0 Å². The van der Waals surface area contributed by atoms with Crippen LogP contribution >= 0.6 is 0 Å². The Morgan fingerprint density at radius 1 is 1.10 bits per heavy atom. The number of hydrogen-bond donors (Lipinski definition) is 2. The summed E-state index contributed by atoms with van der Waals surface area (Å²) in [7, 11) is 0. The normalized spacial score (nSPS) is 11.8. The highest BCUT2D eigenvalue weighted by Gasteiger charge is 2.41. The third-order valence-electron chi connectivity index (χ3n) is 5.56. The molecule has 1 amide bonds. The van der Waals surface area contributed by atoms with Gasteiger partial charge in [-0.15, -0.1) is 0 Å². The van der Waals surface area contributed by atoms with Crippen LogP contribution in [0.3, 0.4) is 0 Å². The zero-order valence-corrected chi connectivity index (χ0v) is 20.2. The largest absolute Gasteiger partial charge is 0.452 e. The predicted octanol–water partition coefficient (Wildman–Crippen LogP) is 4.48. The summed E-state index contributed by atoms with van der Waals surface area (Å²) in [6.07, 6.45) is -0.565. The van der Waals surface area contributed by atoms with Crippen LogP contribution in [0, 0.1) is 5.82 Å². The second-order valence-electron chi connectivity index (χ2n) is 8.49. The minimum absolute atomic E-state index is 0.131. The summed E-state index contributed by atoms with van der Waals surface area (Å²) in [5.74, 6) is -2.38. The van der Waals surface area contributed by atoms with Gasteiger partial charge in [-0.1, -0.05) is 0 Å². The molecule has 0 spiro atoms. The second-order valence-corrected chi connectivity index (χ2v) is 8.49. The first-order valence-corrected chi connectivity index (χ1v) is 11.3. The third-order valence-corrected chi connectivity index (χ3v) is 5.56. The number of hydrogen-bond acceptors (Lipinski definition) is 7. The molecule has 1 aromatic carbocycles. The number of carbonyl (C=O) groups is 1. The van der Waals surface area contributed by atoms with Crippen molar-refractivity contribution in [2.24, 2.45) is 0 Å². The fourth-order valence-electron chi connectivity index (χ4n) is 3.95. The molecule has 0 radical (unpaired) electrons. The number of nitrogens with one attached hydrogen (secondary N) is 2. The van der Waals surface area contributed by atoms with E-state index in [2.05, 4.69) is 30.4 Å². The number of fused-ring (bicyclic) bond motifs is 1. The van der Waals surface area contributed by atoms with E-state index in [-0.39, 0.29) is 34.7 Å². The molecule has 5 rings (SSSR count). The van der Waals surface area contributed by atoms with Gasteiger partial charge in [-0.25, -0.2) is 28.8 Å². The van der Waals surface area contributed by atoms with Gasteiger partial charge in [-0.2, -0.15) is 18.3 Å². The lowest BCUT2D eigenvalue weighted by Gasteiger charge is -2.13. The number of aromatic nitrogens is 7. The van der Waals surface area contributed by atoms with E-state index >= 15 is 0 Å². The summed E-state index contributed by atoms with van der Waals surface area (Å²) in [6, 6.07) is 5.74. The molecule has 0 saturated heterocycles. The van der Waals surface area contributed by atoms with Crippen molar-refractivity contribution >= 4 is 22.8 Å². The molecular formula is C24H18F4N8O3. The molecule has 0 fully saturated rings. The van der Waals surface area contributed by atoms with Gasteiger partial charge in [0.05, 0.1) is 11.8 Å². The maximum Gasteiger partial charge on any atom is 0.434 e. The zero-order valence-electron chi connectivity index (χ0n) is 20.2. The Kier molecular flexibility index (Phi) is 6.33. The molecule has 0 bridgehead atoms. The van der Waals surface area contributed by atoms with Crippen molar-refractivity contribution in [1.82, 2.24) is 34.3 Å². The highest BCUT2D eigenvalue weighted by Crippen LogP contribution is 2.35. The molecule has 15 heteroatoms. The van der Waals surface area contributed by atoms with E-state index in [0.717, 1.165) is 18.6 Å². The molecule has 5 aromatic rings. The van der Waals surface area contributed by atoms with Crippen molar-refractivity contribution in [3.05, 3.63) is 82.8 Å². The molecule has 0 unspecified atom stereocenters. The Morgan fingerprint density at radius 2 is 1.90 bits per heavy atom. The lowest BCUT2D eigenvalue weighted by atomic mass is 10.2. The SMILES string of the molecule is CC(C)n1c(=O)[nH]c2nccc(Oc3ccc(NC(=O)c4cnn(-c5ccncn5)c4C(F)(F)F)cc3F)c21. The number of nitrogens with zero attached hydrogens (tertiary/aromatic N) is 6. The number of carbonyl (C=O) groups excluding carboxylic acids is 1. The lowest BCUT2D eigenvalue weighted by Crippen LogP contribution is -2.21. The quantitative estimate of drug-likeness (QED) is 0.302. The zero-order chi connectivity index (χ0) is 27.9. The smallest absolute Gasteiger partial charge is 0.434 e. The molecule has 11 nitrogen and oxygen atoms in total. The van der Waals surface area contributed by atoms with E-state index in [0.29, 0.717) is 10.2 Å². The van der Waals surface area contributed by atoms with Crippen LogP contribution in [0.1, 0.15) is 35.9 Å². The van der Waals surface area contributed by atoms with E-state index in [1.807, 2.05) is 0 Å². The monoisotopic (exact) mass is 542 g/mol. The topological polar surface area (TPSA) is 133 Å². The lowest BCUT2D eigenvalue weighted by molar-refractivity contribution is -0.143. The van der Waals surface area contributed by atoms with Gasteiger partial charge in [0.15, 0.2) is 34.5 Å². The summed E-state index contributed by atoms with van der Waals surface area (Å²) < 4.78 is 64.1. The summed E-state index contributed by atoms with van der Waals surface area (Å²) in [4.78, 5) is 39.2. The summed E-state index contributed by atoms with van der Waals surface area (Å²) in [5.41, 5.74) is -2.12. The number of imidazole rings is 1. The van der Waals surface area contributed by atoms with Crippen molar-refractivity contribution in [3.8, 4) is 17.3 Å². The van der Waals surface area contributed by atoms with E-state index in [4.69, 9.17) is 4.74 Å². The van der Waals surface area contributed by atoms with Gasteiger partial charge in [0.25, 0.3) is 5.91 Å². The highest BCUT2D eigenvalue weighted by molar-refractivity contribution is 6.05. The van der Waals surface area contributed by atoms with Gasteiger partial charge in [-0.3, -0.25) is 14.3 Å².